The lowest BCUT2D eigenvalue weighted by Gasteiger charge is -1.99. The lowest BCUT2D eigenvalue weighted by atomic mass is 10.3. The molecule has 0 aliphatic carbocycles. The molecule has 110 valence electrons. The maximum atomic E-state index is 10.1. The average Bonchev–Trinajstić information content (AvgIpc) is 3.10. The minimum Gasteiger partial charge on any atom is -0.506 e. The van der Waals surface area contributed by atoms with Gasteiger partial charge in [-0.2, -0.15) is 5.10 Å². The third-order valence-corrected chi connectivity index (χ3v) is 4.47. The summed E-state index contributed by atoms with van der Waals surface area (Å²) in [6.45, 7) is 1.93. The van der Waals surface area contributed by atoms with Crippen LogP contribution in [0.25, 0.3) is 26.6 Å². The number of methoxy groups -OCH3 is 1. The molecule has 4 aromatic rings. The summed E-state index contributed by atoms with van der Waals surface area (Å²) in [4.78, 5) is 9.07. The van der Waals surface area contributed by atoms with Gasteiger partial charge < -0.3 is 9.84 Å². The van der Waals surface area contributed by atoms with Gasteiger partial charge >= 0.3 is 0 Å². The van der Waals surface area contributed by atoms with Crippen LogP contribution in [0.2, 0.25) is 0 Å². The smallest absolute Gasteiger partial charge is 0.154 e. The van der Waals surface area contributed by atoms with Gasteiger partial charge in [-0.3, -0.25) is 0 Å². The predicted octanol–water partition coefficient (Wildman–Crippen LogP) is 3.03. The first-order valence-corrected chi connectivity index (χ1v) is 7.46. The van der Waals surface area contributed by atoms with E-state index < -0.39 is 0 Å². The second kappa shape index (κ2) is 4.67. The summed E-state index contributed by atoms with van der Waals surface area (Å²) >= 11 is 1.40. The van der Waals surface area contributed by atoms with Gasteiger partial charge in [0, 0.05) is 12.1 Å². The molecule has 6 nitrogen and oxygen atoms in total. The van der Waals surface area contributed by atoms with Crippen molar-refractivity contribution in [1.29, 1.82) is 0 Å². The third kappa shape index (κ3) is 1.98. The Labute approximate surface area is 129 Å². The molecule has 4 rings (SSSR count). The van der Waals surface area contributed by atoms with E-state index in [4.69, 9.17) is 4.74 Å². The largest absolute Gasteiger partial charge is 0.506 e. The first kappa shape index (κ1) is 13.0. The number of phenolic OH excluding ortho intramolecular Hbond substituents is 1. The van der Waals surface area contributed by atoms with Gasteiger partial charge in [0.05, 0.1) is 29.2 Å². The van der Waals surface area contributed by atoms with E-state index in [9.17, 15) is 5.11 Å². The van der Waals surface area contributed by atoms with Crippen molar-refractivity contribution in [3.05, 3.63) is 36.2 Å². The molecular formula is C15H12N4O2S. The normalized spacial score (nSPS) is 11.4. The summed E-state index contributed by atoms with van der Waals surface area (Å²) in [5.41, 5.74) is 3.11. The zero-order valence-corrected chi connectivity index (χ0v) is 12.8. The monoisotopic (exact) mass is 312 g/mol. The minimum atomic E-state index is 0.163. The Hall–Kier alpha value is -2.67. The van der Waals surface area contributed by atoms with Crippen LogP contribution in [0.15, 0.2) is 30.5 Å². The quantitative estimate of drug-likeness (QED) is 0.616. The molecule has 7 heteroatoms. The standard InChI is InChI=1S/C15H12N4O2S/c1-8-3-4-13-16-11(7-19(13)18-8)15-17-10-5-9(21-2)6-12(20)14(10)22-15/h3-7,20H,1-2H3. The molecule has 0 fully saturated rings. The summed E-state index contributed by atoms with van der Waals surface area (Å²) in [5.74, 6) is 0.741. The van der Waals surface area contributed by atoms with E-state index in [1.807, 2.05) is 25.3 Å². The molecule has 0 spiro atoms. The number of nitrogens with zero attached hydrogens (tertiary/aromatic N) is 4. The highest BCUT2D eigenvalue weighted by atomic mass is 32.1. The van der Waals surface area contributed by atoms with Crippen molar-refractivity contribution in [2.75, 3.05) is 7.11 Å². The summed E-state index contributed by atoms with van der Waals surface area (Å²) in [6, 6.07) is 7.22. The van der Waals surface area contributed by atoms with Crippen LogP contribution in [-0.2, 0) is 0 Å². The van der Waals surface area contributed by atoms with E-state index in [-0.39, 0.29) is 5.75 Å². The van der Waals surface area contributed by atoms with Crippen LogP contribution >= 0.6 is 11.3 Å². The van der Waals surface area contributed by atoms with Crippen LogP contribution < -0.4 is 4.74 Å². The molecule has 1 aromatic carbocycles. The van der Waals surface area contributed by atoms with Crippen LogP contribution in [0.3, 0.4) is 0 Å². The number of hydrogen-bond donors (Lipinski definition) is 1. The number of rotatable bonds is 2. The molecule has 22 heavy (non-hydrogen) atoms. The highest BCUT2D eigenvalue weighted by Gasteiger charge is 2.14. The number of aromatic nitrogens is 4. The number of ether oxygens (including phenoxy) is 1. The Morgan fingerprint density at radius 3 is 2.91 bits per heavy atom. The second-order valence-electron chi connectivity index (χ2n) is 4.92. The first-order valence-electron chi connectivity index (χ1n) is 6.65. The number of imidazole rings is 1. The lowest BCUT2D eigenvalue weighted by molar-refractivity contribution is 0.409. The topological polar surface area (TPSA) is 72.5 Å². The van der Waals surface area contributed by atoms with Crippen molar-refractivity contribution in [3.63, 3.8) is 0 Å². The fraction of sp³-hybridized carbons (Fsp3) is 0.133. The summed E-state index contributed by atoms with van der Waals surface area (Å²) in [7, 11) is 1.56. The first-order chi connectivity index (χ1) is 10.6. The second-order valence-corrected chi connectivity index (χ2v) is 5.92. The van der Waals surface area contributed by atoms with Gasteiger partial charge in [-0.25, -0.2) is 14.5 Å². The van der Waals surface area contributed by atoms with Gasteiger partial charge in [-0.05, 0) is 19.1 Å². The molecule has 0 bridgehead atoms. The van der Waals surface area contributed by atoms with Gasteiger partial charge in [-0.15, -0.1) is 11.3 Å². The van der Waals surface area contributed by atoms with Gasteiger partial charge in [0.2, 0.25) is 0 Å². The molecule has 0 saturated heterocycles. The molecule has 0 unspecified atom stereocenters. The summed E-state index contributed by atoms with van der Waals surface area (Å²) in [5, 5.41) is 15.2. The molecule has 0 aliphatic heterocycles. The summed E-state index contributed by atoms with van der Waals surface area (Å²) < 4.78 is 7.61. The van der Waals surface area contributed by atoms with E-state index in [2.05, 4.69) is 15.1 Å². The van der Waals surface area contributed by atoms with Crippen molar-refractivity contribution in [1.82, 2.24) is 19.6 Å². The molecule has 0 amide bonds. The molecule has 1 N–H and O–H groups in total. The highest BCUT2D eigenvalue weighted by Crippen LogP contribution is 2.37. The van der Waals surface area contributed by atoms with E-state index >= 15 is 0 Å². The van der Waals surface area contributed by atoms with Crippen LogP contribution in [0.4, 0.5) is 0 Å². The Balaban J connectivity index is 1.90. The Bertz CT molecular complexity index is 1010. The van der Waals surface area contributed by atoms with E-state index in [0.29, 0.717) is 11.3 Å². The number of thiazole rings is 1. The summed E-state index contributed by atoms with van der Waals surface area (Å²) in [6.07, 6.45) is 1.84. The SMILES string of the molecule is COc1cc(O)c2sc(-c3cn4nc(C)ccc4n3)nc2c1. The maximum absolute atomic E-state index is 10.1. The molecule has 3 aromatic heterocycles. The fourth-order valence-corrected chi connectivity index (χ4v) is 3.21. The van der Waals surface area contributed by atoms with Gasteiger partial charge in [0.15, 0.2) is 5.65 Å². The lowest BCUT2D eigenvalue weighted by Crippen LogP contribution is -1.91. The Morgan fingerprint density at radius 1 is 1.23 bits per heavy atom. The predicted molar refractivity (Wildman–Crippen MR) is 84.6 cm³/mol. The van der Waals surface area contributed by atoms with E-state index in [1.165, 1.54) is 11.3 Å². The maximum Gasteiger partial charge on any atom is 0.154 e. The molecular weight excluding hydrogens is 300 g/mol. The molecule has 0 atom stereocenters. The molecule has 0 aliphatic rings. The van der Waals surface area contributed by atoms with Crippen LogP contribution in [-0.4, -0.2) is 31.8 Å². The number of fused-ring (bicyclic) bond motifs is 2. The van der Waals surface area contributed by atoms with Crippen molar-refractivity contribution in [2.24, 2.45) is 0 Å². The third-order valence-electron chi connectivity index (χ3n) is 3.35. The van der Waals surface area contributed by atoms with Gasteiger partial charge in [0.25, 0.3) is 0 Å². The number of aromatic hydroxyl groups is 1. The van der Waals surface area contributed by atoms with Crippen LogP contribution in [0, 0.1) is 6.92 Å². The van der Waals surface area contributed by atoms with Crippen molar-refractivity contribution in [2.45, 2.75) is 6.92 Å². The Kier molecular flexibility index (Phi) is 2.77. The highest BCUT2D eigenvalue weighted by molar-refractivity contribution is 7.22. The Morgan fingerprint density at radius 2 is 2.09 bits per heavy atom. The zero-order valence-electron chi connectivity index (χ0n) is 11.9. The van der Waals surface area contributed by atoms with Crippen LogP contribution in [0.5, 0.6) is 11.5 Å². The van der Waals surface area contributed by atoms with Crippen molar-refractivity contribution < 1.29 is 9.84 Å². The number of phenols is 1. The molecule has 0 saturated carbocycles. The zero-order chi connectivity index (χ0) is 15.3. The van der Waals surface area contributed by atoms with Crippen molar-refractivity contribution >= 4 is 27.2 Å². The average molecular weight is 312 g/mol. The van der Waals surface area contributed by atoms with Crippen LogP contribution in [0.1, 0.15) is 5.69 Å². The fourth-order valence-electron chi connectivity index (χ4n) is 2.30. The van der Waals surface area contributed by atoms with E-state index in [1.54, 1.807) is 23.8 Å². The van der Waals surface area contributed by atoms with E-state index in [0.717, 1.165) is 26.7 Å². The van der Waals surface area contributed by atoms with Crippen molar-refractivity contribution in [3.8, 4) is 22.2 Å². The number of hydrogen-bond acceptors (Lipinski definition) is 6. The minimum absolute atomic E-state index is 0.163. The molecule has 0 radical (unpaired) electrons. The molecule has 3 heterocycles. The number of benzene rings is 1. The van der Waals surface area contributed by atoms with Gasteiger partial charge in [-0.1, -0.05) is 0 Å². The van der Waals surface area contributed by atoms with Gasteiger partial charge in [0.1, 0.15) is 22.2 Å². The number of aryl methyl sites for hydroxylation is 1.